The van der Waals surface area contributed by atoms with Crippen molar-refractivity contribution in [3.63, 3.8) is 0 Å². The van der Waals surface area contributed by atoms with E-state index in [1.807, 2.05) is 0 Å². The van der Waals surface area contributed by atoms with E-state index in [-0.39, 0.29) is 0 Å². The Kier molecular flexibility index (Phi) is 3.59. The molecule has 0 heteroatoms. The van der Waals surface area contributed by atoms with Crippen LogP contribution in [0.5, 0.6) is 0 Å². The largest absolute Gasteiger partial charge is 0.0757 e. The fraction of sp³-hybridized carbons (Fsp3) is 0.130. The zero-order chi connectivity index (χ0) is 15.6. The summed E-state index contributed by atoms with van der Waals surface area (Å²) in [5.41, 5.74) is 9.52. The summed E-state index contributed by atoms with van der Waals surface area (Å²) in [5, 5.41) is 0. The van der Waals surface area contributed by atoms with Crippen molar-refractivity contribution < 1.29 is 0 Å². The van der Waals surface area contributed by atoms with Crippen molar-refractivity contribution in [1.82, 2.24) is 0 Å². The van der Waals surface area contributed by atoms with Crippen LogP contribution >= 0.6 is 0 Å². The van der Waals surface area contributed by atoms with Crippen LogP contribution in [0.25, 0.3) is 16.7 Å². The summed E-state index contributed by atoms with van der Waals surface area (Å²) in [6, 6.07) is 26.4. The molecule has 0 atom stereocenters. The van der Waals surface area contributed by atoms with Gasteiger partial charge in [0.25, 0.3) is 0 Å². The van der Waals surface area contributed by atoms with Crippen LogP contribution in [0, 0.1) is 6.92 Å². The minimum Gasteiger partial charge on any atom is -0.0757 e. The molecule has 0 aliphatic heterocycles. The highest BCUT2D eigenvalue weighted by Crippen LogP contribution is 2.38. The molecule has 0 amide bonds. The van der Waals surface area contributed by atoms with E-state index in [9.17, 15) is 0 Å². The predicted octanol–water partition coefficient (Wildman–Crippen LogP) is 6.04. The van der Waals surface area contributed by atoms with Crippen LogP contribution in [0.3, 0.4) is 0 Å². The standard InChI is InChI=1S/C23H20/c1-17-13-15-19(16-14-17)22-12-6-10-20-9-5-11-21(23(20)22)18-7-3-2-4-8-18/h2-5,7-9,11-16H,6,10H2,1H3. The third-order valence-corrected chi connectivity index (χ3v) is 4.63. The maximum Gasteiger partial charge on any atom is -0.00704 e. The summed E-state index contributed by atoms with van der Waals surface area (Å²) in [5.74, 6) is 0. The van der Waals surface area contributed by atoms with E-state index in [1.165, 1.54) is 39.0 Å². The molecule has 0 unspecified atom stereocenters. The van der Waals surface area contributed by atoms with Gasteiger partial charge in [-0.15, -0.1) is 0 Å². The Hall–Kier alpha value is -2.60. The van der Waals surface area contributed by atoms with Gasteiger partial charge in [-0.05, 0) is 53.2 Å². The summed E-state index contributed by atoms with van der Waals surface area (Å²) >= 11 is 0. The second-order valence-corrected chi connectivity index (χ2v) is 6.23. The van der Waals surface area contributed by atoms with Crippen LogP contribution in [-0.4, -0.2) is 0 Å². The Morgan fingerprint density at radius 3 is 2.26 bits per heavy atom. The molecular weight excluding hydrogens is 276 g/mol. The minimum atomic E-state index is 1.12. The lowest BCUT2D eigenvalue weighted by Crippen LogP contribution is -2.03. The summed E-state index contributed by atoms with van der Waals surface area (Å²) in [6.07, 6.45) is 4.65. The van der Waals surface area contributed by atoms with Gasteiger partial charge in [0, 0.05) is 0 Å². The Balaban J connectivity index is 1.91. The first kappa shape index (κ1) is 14.0. The third kappa shape index (κ3) is 2.61. The highest BCUT2D eigenvalue weighted by Gasteiger charge is 2.18. The molecule has 0 spiro atoms. The molecule has 0 saturated heterocycles. The normalized spacial score (nSPS) is 13.3. The highest BCUT2D eigenvalue weighted by molar-refractivity contribution is 5.91. The SMILES string of the molecule is Cc1ccc(C2=CCCc3cccc(-c4ccccc4)c32)cc1. The van der Waals surface area contributed by atoms with Crippen molar-refractivity contribution in [2.45, 2.75) is 19.8 Å². The van der Waals surface area contributed by atoms with E-state index in [4.69, 9.17) is 0 Å². The molecule has 0 saturated carbocycles. The summed E-state index contributed by atoms with van der Waals surface area (Å²) in [6.45, 7) is 2.14. The topological polar surface area (TPSA) is 0 Å². The molecular formula is C23H20. The summed E-state index contributed by atoms with van der Waals surface area (Å²) in [4.78, 5) is 0. The Bertz CT molecular complexity index is 852. The Morgan fingerprint density at radius 2 is 1.48 bits per heavy atom. The van der Waals surface area contributed by atoms with Gasteiger partial charge in [-0.2, -0.15) is 0 Å². The minimum absolute atomic E-state index is 1.12. The zero-order valence-electron chi connectivity index (χ0n) is 13.4. The van der Waals surface area contributed by atoms with Gasteiger partial charge >= 0.3 is 0 Å². The van der Waals surface area contributed by atoms with Crippen molar-refractivity contribution in [2.75, 3.05) is 0 Å². The van der Waals surface area contributed by atoms with Crippen LogP contribution in [-0.2, 0) is 6.42 Å². The van der Waals surface area contributed by atoms with E-state index in [1.54, 1.807) is 0 Å². The fourth-order valence-corrected chi connectivity index (χ4v) is 3.45. The van der Waals surface area contributed by atoms with Crippen LogP contribution in [0.1, 0.15) is 28.7 Å². The lowest BCUT2D eigenvalue weighted by molar-refractivity contribution is 0.978. The summed E-state index contributed by atoms with van der Waals surface area (Å²) in [7, 11) is 0. The maximum atomic E-state index is 2.40. The van der Waals surface area contributed by atoms with E-state index >= 15 is 0 Å². The number of rotatable bonds is 2. The lowest BCUT2D eigenvalue weighted by Gasteiger charge is -2.22. The lowest BCUT2D eigenvalue weighted by atomic mass is 9.82. The third-order valence-electron chi connectivity index (χ3n) is 4.63. The van der Waals surface area contributed by atoms with Gasteiger partial charge in [-0.1, -0.05) is 84.4 Å². The molecule has 3 aromatic carbocycles. The van der Waals surface area contributed by atoms with Crippen molar-refractivity contribution in [2.24, 2.45) is 0 Å². The van der Waals surface area contributed by atoms with Gasteiger partial charge in [0.05, 0.1) is 0 Å². The Morgan fingerprint density at radius 1 is 0.696 bits per heavy atom. The first-order valence-corrected chi connectivity index (χ1v) is 8.28. The first-order chi connectivity index (χ1) is 11.3. The van der Waals surface area contributed by atoms with Crippen LogP contribution in [0.2, 0.25) is 0 Å². The van der Waals surface area contributed by atoms with E-state index < -0.39 is 0 Å². The van der Waals surface area contributed by atoms with E-state index in [0.29, 0.717) is 0 Å². The predicted molar refractivity (Wildman–Crippen MR) is 98.5 cm³/mol. The van der Waals surface area contributed by atoms with Gasteiger partial charge in [0.2, 0.25) is 0 Å². The molecule has 0 N–H and O–H groups in total. The van der Waals surface area contributed by atoms with E-state index in [0.717, 1.165) is 12.8 Å². The molecule has 4 rings (SSSR count). The molecule has 1 aliphatic rings. The van der Waals surface area contributed by atoms with Gasteiger partial charge in [0.15, 0.2) is 0 Å². The molecule has 1 aliphatic carbocycles. The molecule has 0 heterocycles. The molecule has 3 aromatic rings. The number of allylic oxidation sites excluding steroid dienone is 1. The molecule has 23 heavy (non-hydrogen) atoms. The van der Waals surface area contributed by atoms with Gasteiger partial charge in [-0.25, -0.2) is 0 Å². The average molecular weight is 296 g/mol. The molecule has 0 aromatic heterocycles. The average Bonchev–Trinajstić information content (AvgIpc) is 2.62. The Labute approximate surface area is 138 Å². The second kappa shape index (κ2) is 5.89. The van der Waals surface area contributed by atoms with Gasteiger partial charge < -0.3 is 0 Å². The molecule has 112 valence electrons. The monoisotopic (exact) mass is 296 g/mol. The fourth-order valence-electron chi connectivity index (χ4n) is 3.45. The number of hydrogen-bond acceptors (Lipinski definition) is 0. The van der Waals surface area contributed by atoms with Crippen molar-refractivity contribution in [1.29, 1.82) is 0 Å². The maximum absolute atomic E-state index is 2.40. The van der Waals surface area contributed by atoms with E-state index in [2.05, 4.69) is 85.8 Å². The highest BCUT2D eigenvalue weighted by atomic mass is 14.2. The van der Waals surface area contributed by atoms with Crippen LogP contribution in [0.15, 0.2) is 78.9 Å². The number of benzene rings is 3. The van der Waals surface area contributed by atoms with Crippen molar-refractivity contribution in [3.8, 4) is 11.1 Å². The zero-order valence-corrected chi connectivity index (χ0v) is 13.4. The van der Waals surface area contributed by atoms with Gasteiger partial charge in [-0.3, -0.25) is 0 Å². The number of fused-ring (bicyclic) bond motifs is 1. The smallest absolute Gasteiger partial charge is 0.00704 e. The number of hydrogen-bond donors (Lipinski definition) is 0. The van der Waals surface area contributed by atoms with Gasteiger partial charge in [0.1, 0.15) is 0 Å². The second-order valence-electron chi connectivity index (χ2n) is 6.23. The molecule has 0 radical (unpaired) electrons. The van der Waals surface area contributed by atoms with Crippen LogP contribution in [0.4, 0.5) is 0 Å². The van der Waals surface area contributed by atoms with Crippen molar-refractivity contribution >= 4 is 5.57 Å². The van der Waals surface area contributed by atoms with Crippen LogP contribution < -0.4 is 0 Å². The number of aryl methyl sites for hydroxylation is 2. The molecule has 0 bridgehead atoms. The van der Waals surface area contributed by atoms with Crippen molar-refractivity contribution in [3.05, 3.63) is 101 Å². The molecule has 0 fully saturated rings. The molecule has 0 nitrogen and oxygen atoms in total. The quantitative estimate of drug-likeness (QED) is 0.541. The first-order valence-electron chi connectivity index (χ1n) is 8.28. The summed E-state index contributed by atoms with van der Waals surface area (Å²) < 4.78 is 0.